The van der Waals surface area contributed by atoms with Gasteiger partial charge in [0.25, 0.3) is 5.71 Å². The van der Waals surface area contributed by atoms with Crippen molar-refractivity contribution in [1.82, 2.24) is 25.3 Å². The number of fused-ring (bicyclic) bond motifs is 2. The maximum absolute atomic E-state index is 13.4. The van der Waals surface area contributed by atoms with Crippen molar-refractivity contribution in [3.8, 4) is 11.4 Å². The lowest BCUT2D eigenvalue weighted by molar-refractivity contribution is -0.137. The van der Waals surface area contributed by atoms with Crippen molar-refractivity contribution >= 4 is 33.6 Å². The molecule has 3 heterocycles. The third-order valence-corrected chi connectivity index (χ3v) is 4.41. The molecule has 7 nitrogen and oxygen atoms in total. The van der Waals surface area contributed by atoms with Gasteiger partial charge in [-0.1, -0.05) is 35.5 Å². The van der Waals surface area contributed by atoms with E-state index in [1.165, 1.54) is 24.4 Å². The van der Waals surface area contributed by atoms with Crippen LogP contribution in [0, 0.1) is 0 Å². The number of hydrogen-bond acceptors (Lipinski definition) is 6. The fraction of sp³-hybridized carbons (Fsp3) is 0.0526. The van der Waals surface area contributed by atoms with Gasteiger partial charge in [0.15, 0.2) is 11.6 Å². The molecule has 5 rings (SSSR count). The van der Waals surface area contributed by atoms with Crippen LogP contribution in [0.4, 0.5) is 24.8 Å². The van der Waals surface area contributed by atoms with E-state index in [2.05, 4.69) is 30.6 Å². The van der Waals surface area contributed by atoms with Crippen LogP contribution >= 0.6 is 0 Å². The predicted molar refractivity (Wildman–Crippen MR) is 99.4 cm³/mol. The molecular formula is C19H11F3N6O. The molecule has 0 saturated heterocycles. The van der Waals surface area contributed by atoms with E-state index in [0.717, 1.165) is 17.0 Å². The first kappa shape index (κ1) is 17.2. The van der Waals surface area contributed by atoms with Crippen molar-refractivity contribution < 1.29 is 17.7 Å². The minimum absolute atomic E-state index is 0.0642. The fourth-order valence-electron chi connectivity index (χ4n) is 3.08. The molecule has 0 saturated carbocycles. The van der Waals surface area contributed by atoms with Gasteiger partial charge >= 0.3 is 6.18 Å². The van der Waals surface area contributed by atoms with Gasteiger partial charge in [-0.05, 0) is 18.2 Å². The number of nitrogens with zero attached hydrogens (tertiary/aromatic N) is 4. The molecule has 0 atom stereocenters. The van der Waals surface area contributed by atoms with Crippen molar-refractivity contribution in [3.05, 3.63) is 60.3 Å². The first-order chi connectivity index (χ1) is 14.0. The summed E-state index contributed by atoms with van der Waals surface area (Å²) in [6.07, 6.45) is -3.16. The lowest BCUT2D eigenvalue weighted by atomic mass is 10.1. The highest BCUT2D eigenvalue weighted by Crippen LogP contribution is 2.37. The summed E-state index contributed by atoms with van der Waals surface area (Å²) in [7, 11) is 0. The number of H-pyrrole nitrogens is 1. The number of rotatable bonds is 3. The molecule has 0 amide bonds. The SMILES string of the molecule is FC(F)(F)c1ccccc1-c1nc(Nc2n[nH]c3ccccc23)c2cnoc2n1. The van der Waals surface area contributed by atoms with Crippen LogP contribution in [0.5, 0.6) is 0 Å². The fourth-order valence-corrected chi connectivity index (χ4v) is 3.08. The summed E-state index contributed by atoms with van der Waals surface area (Å²) >= 11 is 0. The lowest BCUT2D eigenvalue weighted by Gasteiger charge is -2.12. The maximum Gasteiger partial charge on any atom is 0.417 e. The zero-order valence-electron chi connectivity index (χ0n) is 14.5. The van der Waals surface area contributed by atoms with E-state index in [1.807, 2.05) is 24.3 Å². The zero-order valence-corrected chi connectivity index (χ0v) is 14.5. The van der Waals surface area contributed by atoms with Crippen LogP contribution in [0.15, 0.2) is 59.3 Å². The molecule has 2 N–H and O–H groups in total. The molecule has 5 aromatic rings. The van der Waals surface area contributed by atoms with E-state index in [9.17, 15) is 13.2 Å². The predicted octanol–water partition coefficient (Wildman–Crippen LogP) is 4.92. The first-order valence-corrected chi connectivity index (χ1v) is 8.50. The molecule has 0 aliphatic rings. The summed E-state index contributed by atoms with van der Waals surface area (Å²) < 4.78 is 45.4. The van der Waals surface area contributed by atoms with Gasteiger partial charge in [-0.3, -0.25) is 5.10 Å². The van der Waals surface area contributed by atoms with Gasteiger partial charge in [0.05, 0.1) is 17.3 Å². The normalized spacial score (nSPS) is 12.0. The molecule has 0 aliphatic carbocycles. The standard InChI is InChI=1S/C19H11F3N6O/c20-19(21,22)13-7-3-1-5-10(13)15-24-16(12-9-23-29-18(12)26-15)25-17-11-6-2-4-8-14(11)27-28-17/h1-9H,(H2,24,25,26,27,28). The minimum Gasteiger partial charge on any atom is -0.336 e. The molecule has 0 bridgehead atoms. The monoisotopic (exact) mass is 396 g/mol. The minimum atomic E-state index is -4.55. The van der Waals surface area contributed by atoms with Crippen molar-refractivity contribution in [3.63, 3.8) is 0 Å². The summed E-state index contributed by atoms with van der Waals surface area (Å²) in [5.41, 5.74) is -0.133. The number of nitrogens with one attached hydrogen (secondary N) is 2. The van der Waals surface area contributed by atoms with Gasteiger partial charge in [0.2, 0.25) is 0 Å². The van der Waals surface area contributed by atoms with E-state index >= 15 is 0 Å². The van der Waals surface area contributed by atoms with Gasteiger partial charge < -0.3 is 9.84 Å². The van der Waals surface area contributed by atoms with Crippen LogP contribution in [0.1, 0.15) is 5.56 Å². The molecule has 0 aliphatic heterocycles. The van der Waals surface area contributed by atoms with Gasteiger partial charge in [0, 0.05) is 10.9 Å². The Balaban J connectivity index is 1.67. The lowest BCUT2D eigenvalue weighted by Crippen LogP contribution is -2.08. The summed E-state index contributed by atoms with van der Waals surface area (Å²) in [5, 5.41) is 15.1. The highest BCUT2D eigenvalue weighted by atomic mass is 19.4. The molecular weight excluding hydrogens is 385 g/mol. The largest absolute Gasteiger partial charge is 0.417 e. The highest BCUT2D eigenvalue weighted by Gasteiger charge is 2.34. The van der Waals surface area contributed by atoms with Crippen molar-refractivity contribution in [1.29, 1.82) is 0 Å². The second-order valence-electron chi connectivity index (χ2n) is 6.23. The van der Waals surface area contributed by atoms with Crippen LogP contribution in [0.25, 0.3) is 33.4 Å². The molecule has 3 aromatic heterocycles. The summed E-state index contributed by atoms with van der Waals surface area (Å²) in [4.78, 5) is 8.45. The molecule has 0 unspecified atom stereocenters. The second kappa shape index (κ2) is 6.30. The number of benzene rings is 2. The van der Waals surface area contributed by atoms with Crippen LogP contribution in [0.2, 0.25) is 0 Å². The van der Waals surface area contributed by atoms with E-state index in [0.29, 0.717) is 11.2 Å². The number of aromatic nitrogens is 5. The Hall–Kier alpha value is -3.95. The van der Waals surface area contributed by atoms with Crippen molar-refractivity contribution in [2.75, 3.05) is 5.32 Å². The maximum atomic E-state index is 13.4. The third kappa shape index (κ3) is 2.94. The Labute approximate surface area is 160 Å². The highest BCUT2D eigenvalue weighted by molar-refractivity contribution is 5.95. The van der Waals surface area contributed by atoms with Crippen molar-refractivity contribution in [2.24, 2.45) is 0 Å². The Morgan fingerprint density at radius 2 is 1.69 bits per heavy atom. The zero-order chi connectivity index (χ0) is 20.0. The van der Waals surface area contributed by atoms with E-state index < -0.39 is 11.7 Å². The van der Waals surface area contributed by atoms with E-state index in [4.69, 9.17) is 4.52 Å². The van der Waals surface area contributed by atoms with Gasteiger partial charge in [0.1, 0.15) is 11.2 Å². The molecule has 0 fully saturated rings. The van der Waals surface area contributed by atoms with E-state index in [-0.39, 0.29) is 22.9 Å². The number of hydrogen-bond donors (Lipinski definition) is 2. The smallest absolute Gasteiger partial charge is 0.336 e. The van der Waals surface area contributed by atoms with Crippen LogP contribution in [0.3, 0.4) is 0 Å². The van der Waals surface area contributed by atoms with E-state index in [1.54, 1.807) is 0 Å². The average molecular weight is 396 g/mol. The summed E-state index contributed by atoms with van der Waals surface area (Å²) in [5.74, 6) is 0.571. The first-order valence-electron chi connectivity index (χ1n) is 8.50. The Morgan fingerprint density at radius 1 is 0.897 bits per heavy atom. The molecule has 29 heavy (non-hydrogen) atoms. The summed E-state index contributed by atoms with van der Waals surface area (Å²) in [6.45, 7) is 0. The quantitative estimate of drug-likeness (QED) is 0.450. The Kier molecular flexibility index (Phi) is 3.73. The second-order valence-corrected chi connectivity index (χ2v) is 6.23. The number of para-hydroxylation sites is 1. The Bertz CT molecular complexity index is 1340. The van der Waals surface area contributed by atoms with Crippen LogP contribution in [-0.4, -0.2) is 25.3 Å². The average Bonchev–Trinajstić information content (AvgIpc) is 3.35. The summed E-state index contributed by atoms with van der Waals surface area (Å²) in [6, 6.07) is 12.5. The topological polar surface area (TPSA) is 92.5 Å². The molecule has 10 heteroatoms. The van der Waals surface area contributed by atoms with Gasteiger partial charge in [-0.15, -0.1) is 0 Å². The Morgan fingerprint density at radius 3 is 2.55 bits per heavy atom. The molecule has 2 aromatic carbocycles. The van der Waals surface area contributed by atoms with Crippen LogP contribution in [-0.2, 0) is 6.18 Å². The van der Waals surface area contributed by atoms with Gasteiger partial charge in [-0.2, -0.15) is 23.3 Å². The third-order valence-electron chi connectivity index (χ3n) is 4.41. The molecule has 144 valence electrons. The number of halogens is 3. The molecule has 0 radical (unpaired) electrons. The molecule has 0 spiro atoms. The number of anilines is 2. The number of aromatic amines is 1. The van der Waals surface area contributed by atoms with Crippen LogP contribution < -0.4 is 5.32 Å². The number of alkyl halides is 3. The van der Waals surface area contributed by atoms with Crippen molar-refractivity contribution in [2.45, 2.75) is 6.18 Å². The van der Waals surface area contributed by atoms with Gasteiger partial charge in [-0.25, -0.2) is 4.98 Å².